The standard InChI is InChI=1S/C20H20N4O/c25-20(22-11-17-10-19(17)15-6-2-1-3-7-15)18-9-5-4-8-16(18)12-24-14-21-13-23-24/h1-9,13-14,17,19H,10-12H2,(H,22,25). The molecular formula is C20H20N4O. The second-order valence-corrected chi connectivity index (χ2v) is 6.47. The van der Waals surface area contributed by atoms with Crippen LogP contribution in [0.25, 0.3) is 0 Å². The van der Waals surface area contributed by atoms with Gasteiger partial charge in [-0.25, -0.2) is 9.67 Å². The fraction of sp³-hybridized carbons (Fsp3) is 0.250. The van der Waals surface area contributed by atoms with Gasteiger partial charge >= 0.3 is 0 Å². The van der Waals surface area contributed by atoms with Gasteiger partial charge < -0.3 is 5.32 Å². The van der Waals surface area contributed by atoms with Crippen LogP contribution in [0.1, 0.15) is 33.8 Å². The number of carbonyl (C=O) groups excluding carboxylic acids is 1. The van der Waals surface area contributed by atoms with Crippen LogP contribution in [0.5, 0.6) is 0 Å². The molecule has 0 radical (unpaired) electrons. The van der Waals surface area contributed by atoms with Crippen LogP contribution in [0.2, 0.25) is 0 Å². The van der Waals surface area contributed by atoms with Gasteiger partial charge in [0.25, 0.3) is 5.91 Å². The van der Waals surface area contributed by atoms with Crippen molar-refractivity contribution in [3.05, 3.63) is 83.9 Å². The quantitative estimate of drug-likeness (QED) is 0.755. The maximum Gasteiger partial charge on any atom is 0.251 e. The minimum atomic E-state index is -0.0190. The Balaban J connectivity index is 1.37. The van der Waals surface area contributed by atoms with Crippen molar-refractivity contribution in [2.24, 2.45) is 5.92 Å². The molecule has 4 rings (SSSR count). The zero-order chi connectivity index (χ0) is 17.1. The van der Waals surface area contributed by atoms with Crippen molar-refractivity contribution in [2.75, 3.05) is 6.54 Å². The van der Waals surface area contributed by atoms with Crippen LogP contribution in [0.15, 0.2) is 67.3 Å². The Morgan fingerprint density at radius 3 is 2.72 bits per heavy atom. The molecule has 1 amide bonds. The molecule has 1 aromatic heterocycles. The van der Waals surface area contributed by atoms with Gasteiger partial charge in [0.15, 0.2) is 0 Å². The highest BCUT2D eigenvalue weighted by Crippen LogP contribution is 2.46. The Bertz CT molecular complexity index is 845. The zero-order valence-electron chi connectivity index (χ0n) is 13.9. The Kier molecular flexibility index (Phi) is 4.29. The van der Waals surface area contributed by atoms with E-state index in [4.69, 9.17) is 0 Å². The Morgan fingerprint density at radius 1 is 1.12 bits per heavy atom. The average molecular weight is 332 g/mol. The number of rotatable bonds is 6. The van der Waals surface area contributed by atoms with Crippen LogP contribution in [-0.2, 0) is 6.54 Å². The van der Waals surface area contributed by atoms with Crippen molar-refractivity contribution in [1.29, 1.82) is 0 Å². The van der Waals surface area contributed by atoms with Gasteiger partial charge in [-0.1, -0.05) is 48.5 Å². The van der Waals surface area contributed by atoms with Gasteiger partial charge in [-0.15, -0.1) is 0 Å². The predicted octanol–water partition coefficient (Wildman–Crippen LogP) is 2.86. The second-order valence-electron chi connectivity index (χ2n) is 6.47. The molecular weight excluding hydrogens is 312 g/mol. The summed E-state index contributed by atoms with van der Waals surface area (Å²) in [6.07, 6.45) is 4.30. The van der Waals surface area contributed by atoms with E-state index in [9.17, 15) is 4.79 Å². The van der Waals surface area contributed by atoms with E-state index >= 15 is 0 Å². The molecule has 25 heavy (non-hydrogen) atoms. The van der Waals surface area contributed by atoms with Crippen molar-refractivity contribution in [3.8, 4) is 0 Å². The maximum absolute atomic E-state index is 12.6. The fourth-order valence-electron chi connectivity index (χ4n) is 3.27. The topological polar surface area (TPSA) is 59.8 Å². The summed E-state index contributed by atoms with van der Waals surface area (Å²) in [5.41, 5.74) is 3.02. The lowest BCUT2D eigenvalue weighted by atomic mass is 10.1. The molecule has 1 heterocycles. The summed E-state index contributed by atoms with van der Waals surface area (Å²) in [6, 6.07) is 18.2. The highest BCUT2D eigenvalue weighted by molar-refractivity contribution is 5.95. The first kappa shape index (κ1) is 15.6. The molecule has 0 saturated heterocycles. The van der Waals surface area contributed by atoms with E-state index < -0.39 is 0 Å². The third kappa shape index (κ3) is 3.60. The molecule has 1 N–H and O–H groups in total. The first-order chi connectivity index (χ1) is 12.3. The molecule has 0 spiro atoms. The molecule has 1 saturated carbocycles. The first-order valence-electron chi connectivity index (χ1n) is 8.55. The summed E-state index contributed by atoms with van der Waals surface area (Å²) in [5.74, 6) is 1.09. The summed E-state index contributed by atoms with van der Waals surface area (Å²) in [6.45, 7) is 1.26. The van der Waals surface area contributed by atoms with Crippen molar-refractivity contribution < 1.29 is 4.79 Å². The number of carbonyl (C=O) groups is 1. The molecule has 2 atom stereocenters. The molecule has 1 aliphatic carbocycles. The fourth-order valence-corrected chi connectivity index (χ4v) is 3.27. The third-order valence-corrected chi connectivity index (χ3v) is 4.74. The zero-order valence-corrected chi connectivity index (χ0v) is 13.9. The largest absolute Gasteiger partial charge is 0.352 e. The third-order valence-electron chi connectivity index (χ3n) is 4.74. The number of nitrogens with one attached hydrogen (secondary N) is 1. The predicted molar refractivity (Wildman–Crippen MR) is 95.2 cm³/mol. The van der Waals surface area contributed by atoms with E-state index in [-0.39, 0.29) is 5.91 Å². The minimum absolute atomic E-state index is 0.0190. The summed E-state index contributed by atoms with van der Waals surface area (Å²) >= 11 is 0. The number of hydrogen-bond acceptors (Lipinski definition) is 3. The van der Waals surface area contributed by atoms with Crippen LogP contribution in [-0.4, -0.2) is 27.2 Å². The molecule has 0 bridgehead atoms. The van der Waals surface area contributed by atoms with Crippen molar-refractivity contribution in [1.82, 2.24) is 20.1 Å². The van der Waals surface area contributed by atoms with Crippen LogP contribution in [0.3, 0.4) is 0 Å². The highest BCUT2D eigenvalue weighted by Gasteiger charge is 2.38. The number of hydrogen-bond donors (Lipinski definition) is 1. The highest BCUT2D eigenvalue weighted by atomic mass is 16.1. The van der Waals surface area contributed by atoms with Crippen LogP contribution < -0.4 is 5.32 Å². The molecule has 5 nitrogen and oxygen atoms in total. The van der Waals surface area contributed by atoms with E-state index in [1.54, 1.807) is 11.0 Å². The van der Waals surface area contributed by atoms with Gasteiger partial charge in [0.1, 0.15) is 12.7 Å². The van der Waals surface area contributed by atoms with E-state index in [0.717, 1.165) is 18.5 Å². The van der Waals surface area contributed by atoms with Crippen LogP contribution in [0.4, 0.5) is 0 Å². The van der Waals surface area contributed by atoms with Gasteiger partial charge in [0.05, 0.1) is 6.54 Å². The van der Waals surface area contributed by atoms with Crippen molar-refractivity contribution in [3.63, 3.8) is 0 Å². The lowest BCUT2D eigenvalue weighted by molar-refractivity contribution is 0.0950. The van der Waals surface area contributed by atoms with E-state index in [1.165, 1.54) is 11.9 Å². The van der Waals surface area contributed by atoms with Gasteiger partial charge in [0.2, 0.25) is 0 Å². The van der Waals surface area contributed by atoms with Gasteiger partial charge in [-0.2, -0.15) is 5.10 Å². The molecule has 3 aromatic rings. The minimum Gasteiger partial charge on any atom is -0.352 e. The summed E-state index contributed by atoms with van der Waals surface area (Å²) in [7, 11) is 0. The molecule has 2 unspecified atom stereocenters. The van der Waals surface area contributed by atoms with Crippen molar-refractivity contribution in [2.45, 2.75) is 18.9 Å². The monoisotopic (exact) mass is 332 g/mol. The molecule has 1 aliphatic rings. The maximum atomic E-state index is 12.6. The SMILES string of the molecule is O=C(NCC1CC1c1ccccc1)c1ccccc1Cn1cncn1. The Hall–Kier alpha value is -2.95. The first-order valence-corrected chi connectivity index (χ1v) is 8.55. The summed E-state index contributed by atoms with van der Waals surface area (Å²) in [4.78, 5) is 16.6. The lowest BCUT2D eigenvalue weighted by Crippen LogP contribution is -2.27. The van der Waals surface area contributed by atoms with Gasteiger partial charge in [0, 0.05) is 12.1 Å². The summed E-state index contributed by atoms with van der Waals surface area (Å²) < 4.78 is 1.72. The number of amides is 1. The Morgan fingerprint density at radius 2 is 1.92 bits per heavy atom. The van der Waals surface area contributed by atoms with Crippen molar-refractivity contribution >= 4 is 5.91 Å². The Labute approximate surface area is 146 Å². The lowest BCUT2D eigenvalue weighted by Gasteiger charge is -2.10. The molecule has 2 aromatic carbocycles. The molecule has 5 heteroatoms. The average Bonchev–Trinajstić information content (AvgIpc) is 3.26. The van der Waals surface area contributed by atoms with Gasteiger partial charge in [-0.3, -0.25) is 4.79 Å². The van der Waals surface area contributed by atoms with E-state index in [2.05, 4.69) is 39.7 Å². The second kappa shape index (κ2) is 6.89. The smallest absolute Gasteiger partial charge is 0.251 e. The van der Waals surface area contributed by atoms with Crippen LogP contribution in [0, 0.1) is 5.92 Å². The summed E-state index contributed by atoms with van der Waals surface area (Å²) in [5, 5.41) is 7.21. The number of aromatic nitrogens is 3. The van der Waals surface area contributed by atoms with E-state index in [0.29, 0.717) is 23.9 Å². The van der Waals surface area contributed by atoms with Gasteiger partial charge in [-0.05, 0) is 35.4 Å². The van der Waals surface area contributed by atoms with Crippen LogP contribution >= 0.6 is 0 Å². The van der Waals surface area contributed by atoms with E-state index in [1.807, 2.05) is 30.3 Å². The molecule has 1 fully saturated rings. The normalized spacial score (nSPS) is 18.7. The number of nitrogens with zero attached hydrogens (tertiary/aromatic N) is 3. The molecule has 126 valence electrons. The molecule has 0 aliphatic heterocycles. The number of benzene rings is 2.